The van der Waals surface area contributed by atoms with Gasteiger partial charge in [-0.3, -0.25) is 0 Å². The number of hydrogen-bond donors (Lipinski definition) is 1. The number of aliphatic hydroxyl groups excluding tert-OH is 1. The second kappa shape index (κ2) is 4.37. The Kier molecular flexibility index (Phi) is 2.92. The molecule has 0 aliphatic heterocycles. The van der Waals surface area contributed by atoms with Crippen LogP contribution in [0.1, 0.15) is 11.1 Å². The highest BCUT2D eigenvalue weighted by Crippen LogP contribution is 2.20. The quantitative estimate of drug-likeness (QED) is 0.839. The number of aliphatic hydroxyl groups is 1. The summed E-state index contributed by atoms with van der Waals surface area (Å²) in [5.41, 5.74) is 2.22. The van der Waals surface area contributed by atoms with Crippen LogP contribution in [-0.4, -0.2) is 15.1 Å². The van der Waals surface area contributed by atoms with E-state index in [-0.39, 0.29) is 12.4 Å². The van der Waals surface area contributed by atoms with Gasteiger partial charge >= 0.3 is 0 Å². The van der Waals surface area contributed by atoms with Crippen LogP contribution >= 0.6 is 0 Å². The van der Waals surface area contributed by atoms with E-state index < -0.39 is 0 Å². The van der Waals surface area contributed by atoms with Gasteiger partial charge in [0.05, 0.1) is 6.61 Å². The first-order valence-electron chi connectivity index (χ1n) is 4.89. The first-order valence-corrected chi connectivity index (χ1v) is 4.89. The topological polar surface area (TPSA) is 46.0 Å². The molecule has 1 N–H and O–H groups in total. The lowest BCUT2D eigenvalue weighted by Gasteiger charge is -2.04. The lowest BCUT2D eigenvalue weighted by molar-refractivity contribution is 0.281. The van der Waals surface area contributed by atoms with Crippen molar-refractivity contribution in [3.63, 3.8) is 0 Å². The first kappa shape index (κ1) is 10.7. The average molecular weight is 218 g/mol. The molecule has 3 nitrogen and oxygen atoms in total. The van der Waals surface area contributed by atoms with Crippen molar-refractivity contribution in [3.8, 4) is 11.4 Å². The number of halogens is 1. The first-order chi connectivity index (χ1) is 7.70. The summed E-state index contributed by atoms with van der Waals surface area (Å²) in [4.78, 5) is 8.17. The Hall–Kier alpha value is -1.81. The fraction of sp³-hybridized carbons (Fsp3) is 0.167. The van der Waals surface area contributed by atoms with Gasteiger partial charge in [-0.25, -0.2) is 14.4 Å². The molecule has 0 amide bonds. The molecule has 0 radical (unpaired) electrons. The molecule has 0 saturated heterocycles. The van der Waals surface area contributed by atoms with Crippen LogP contribution in [0.15, 0.2) is 30.6 Å². The van der Waals surface area contributed by atoms with Crippen molar-refractivity contribution >= 4 is 0 Å². The number of aryl methyl sites for hydroxylation is 1. The van der Waals surface area contributed by atoms with Gasteiger partial charge in [-0.1, -0.05) is 6.07 Å². The van der Waals surface area contributed by atoms with Crippen molar-refractivity contribution < 1.29 is 9.50 Å². The van der Waals surface area contributed by atoms with E-state index in [0.717, 1.165) is 5.56 Å². The lowest BCUT2D eigenvalue weighted by atomic mass is 10.1. The van der Waals surface area contributed by atoms with E-state index in [2.05, 4.69) is 9.97 Å². The van der Waals surface area contributed by atoms with Crippen LogP contribution in [0.3, 0.4) is 0 Å². The molecular formula is C12H11FN2O. The van der Waals surface area contributed by atoms with Crippen molar-refractivity contribution in [1.29, 1.82) is 0 Å². The minimum Gasteiger partial charge on any atom is -0.392 e. The minimum atomic E-state index is -0.310. The van der Waals surface area contributed by atoms with Gasteiger partial charge in [0.25, 0.3) is 0 Å². The maximum absolute atomic E-state index is 13.1. The summed E-state index contributed by atoms with van der Waals surface area (Å²) in [7, 11) is 0. The molecule has 0 fully saturated rings. The van der Waals surface area contributed by atoms with Crippen LogP contribution < -0.4 is 0 Å². The normalized spacial score (nSPS) is 10.4. The van der Waals surface area contributed by atoms with Crippen molar-refractivity contribution in [2.24, 2.45) is 0 Å². The molecule has 1 aromatic carbocycles. The summed E-state index contributed by atoms with van der Waals surface area (Å²) < 4.78 is 13.1. The number of aromatic nitrogens is 2. The van der Waals surface area contributed by atoms with E-state index >= 15 is 0 Å². The molecule has 1 heterocycles. The Morgan fingerprint density at radius 1 is 1.25 bits per heavy atom. The summed E-state index contributed by atoms with van der Waals surface area (Å²) >= 11 is 0. The van der Waals surface area contributed by atoms with Crippen molar-refractivity contribution in [1.82, 2.24) is 9.97 Å². The Morgan fingerprint density at radius 3 is 2.56 bits per heavy atom. The SMILES string of the molecule is Cc1ccc(F)cc1-c1ncc(CO)cn1. The van der Waals surface area contributed by atoms with E-state index in [1.807, 2.05) is 6.92 Å². The molecule has 4 heteroatoms. The van der Waals surface area contributed by atoms with Gasteiger partial charge in [0.2, 0.25) is 0 Å². The van der Waals surface area contributed by atoms with Crippen molar-refractivity contribution in [3.05, 3.63) is 47.5 Å². The molecule has 1 aromatic heterocycles. The predicted octanol–water partition coefficient (Wildman–Crippen LogP) is 2.08. The van der Waals surface area contributed by atoms with Gasteiger partial charge in [0.15, 0.2) is 5.82 Å². The Bertz CT molecular complexity index is 497. The largest absolute Gasteiger partial charge is 0.392 e. The highest BCUT2D eigenvalue weighted by Gasteiger charge is 2.06. The Morgan fingerprint density at radius 2 is 1.94 bits per heavy atom. The highest BCUT2D eigenvalue weighted by atomic mass is 19.1. The third-order valence-corrected chi connectivity index (χ3v) is 2.33. The molecule has 82 valence electrons. The average Bonchev–Trinajstić information content (AvgIpc) is 2.32. The Labute approximate surface area is 92.6 Å². The number of nitrogens with zero attached hydrogens (tertiary/aromatic N) is 2. The molecular weight excluding hydrogens is 207 g/mol. The monoisotopic (exact) mass is 218 g/mol. The zero-order valence-corrected chi connectivity index (χ0v) is 8.81. The third kappa shape index (κ3) is 2.06. The summed E-state index contributed by atoms with van der Waals surface area (Å²) in [6, 6.07) is 4.50. The smallest absolute Gasteiger partial charge is 0.159 e. The summed E-state index contributed by atoms with van der Waals surface area (Å²) in [6.07, 6.45) is 3.07. The van der Waals surface area contributed by atoms with Crippen LogP contribution in [0.5, 0.6) is 0 Å². The van der Waals surface area contributed by atoms with E-state index in [4.69, 9.17) is 5.11 Å². The molecule has 2 rings (SSSR count). The molecule has 0 atom stereocenters. The standard InChI is InChI=1S/C12H11FN2O/c1-8-2-3-10(13)4-11(8)12-14-5-9(7-16)6-15-12/h2-6,16H,7H2,1H3. The second-order valence-electron chi connectivity index (χ2n) is 3.53. The summed E-state index contributed by atoms with van der Waals surface area (Å²) in [6.45, 7) is 1.78. The molecule has 0 aliphatic rings. The maximum Gasteiger partial charge on any atom is 0.159 e. The third-order valence-electron chi connectivity index (χ3n) is 2.33. The number of benzene rings is 1. The van der Waals surface area contributed by atoms with E-state index in [0.29, 0.717) is 17.0 Å². The molecule has 0 unspecified atom stereocenters. The molecule has 0 bridgehead atoms. The zero-order chi connectivity index (χ0) is 11.5. The predicted molar refractivity (Wildman–Crippen MR) is 58.1 cm³/mol. The van der Waals surface area contributed by atoms with E-state index in [1.54, 1.807) is 6.07 Å². The van der Waals surface area contributed by atoms with Gasteiger partial charge < -0.3 is 5.11 Å². The Balaban J connectivity index is 2.45. The van der Waals surface area contributed by atoms with Crippen molar-refractivity contribution in [2.45, 2.75) is 13.5 Å². The van der Waals surface area contributed by atoms with Crippen LogP contribution in [0, 0.1) is 12.7 Å². The van der Waals surface area contributed by atoms with Gasteiger partial charge in [0.1, 0.15) is 5.82 Å². The number of hydrogen-bond acceptors (Lipinski definition) is 3. The van der Waals surface area contributed by atoms with Gasteiger partial charge in [-0.2, -0.15) is 0 Å². The fourth-order valence-electron chi connectivity index (χ4n) is 1.41. The van der Waals surface area contributed by atoms with Gasteiger partial charge in [0, 0.05) is 23.5 Å². The zero-order valence-electron chi connectivity index (χ0n) is 8.81. The highest BCUT2D eigenvalue weighted by molar-refractivity contribution is 5.59. The van der Waals surface area contributed by atoms with Crippen LogP contribution in [0.2, 0.25) is 0 Å². The fourth-order valence-corrected chi connectivity index (χ4v) is 1.41. The van der Waals surface area contributed by atoms with Crippen LogP contribution in [-0.2, 0) is 6.61 Å². The van der Waals surface area contributed by atoms with Crippen molar-refractivity contribution in [2.75, 3.05) is 0 Å². The number of rotatable bonds is 2. The molecule has 0 saturated carbocycles. The molecule has 16 heavy (non-hydrogen) atoms. The summed E-state index contributed by atoms with van der Waals surface area (Å²) in [5.74, 6) is 0.157. The molecule has 2 aromatic rings. The summed E-state index contributed by atoms with van der Waals surface area (Å²) in [5, 5.41) is 8.86. The van der Waals surface area contributed by atoms with Gasteiger partial charge in [-0.05, 0) is 24.6 Å². The van der Waals surface area contributed by atoms with Crippen LogP contribution in [0.4, 0.5) is 4.39 Å². The minimum absolute atomic E-state index is 0.0948. The van der Waals surface area contributed by atoms with E-state index in [9.17, 15) is 4.39 Å². The van der Waals surface area contributed by atoms with E-state index in [1.165, 1.54) is 24.5 Å². The molecule has 0 spiro atoms. The second-order valence-corrected chi connectivity index (χ2v) is 3.53. The lowest BCUT2D eigenvalue weighted by Crippen LogP contribution is -1.94. The molecule has 0 aliphatic carbocycles. The maximum atomic E-state index is 13.1. The van der Waals surface area contributed by atoms with Crippen LogP contribution in [0.25, 0.3) is 11.4 Å². The van der Waals surface area contributed by atoms with Gasteiger partial charge in [-0.15, -0.1) is 0 Å².